The lowest BCUT2D eigenvalue weighted by molar-refractivity contribution is -0.0930. The zero-order chi connectivity index (χ0) is 14.4. The Hall–Kier alpha value is -0.860. The SMILES string of the molecule is CCC1(CC)CC(NCC(C)c2ccccc2)CCO1. The highest BCUT2D eigenvalue weighted by molar-refractivity contribution is 5.19. The van der Waals surface area contributed by atoms with Crippen molar-refractivity contribution in [2.75, 3.05) is 13.2 Å². The molecule has 1 aromatic carbocycles. The van der Waals surface area contributed by atoms with Gasteiger partial charge in [-0.3, -0.25) is 0 Å². The third kappa shape index (κ3) is 3.83. The predicted molar refractivity (Wildman–Crippen MR) is 85.1 cm³/mol. The molecule has 0 bridgehead atoms. The number of rotatable bonds is 6. The molecular formula is C18H29NO. The van der Waals surface area contributed by atoms with E-state index in [9.17, 15) is 0 Å². The van der Waals surface area contributed by atoms with Crippen LogP contribution in [0.4, 0.5) is 0 Å². The van der Waals surface area contributed by atoms with Crippen LogP contribution in [-0.4, -0.2) is 24.8 Å². The fourth-order valence-corrected chi connectivity index (χ4v) is 3.19. The number of hydrogen-bond donors (Lipinski definition) is 1. The van der Waals surface area contributed by atoms with Crippen LogP contribution < -0.4 is 5.32 Å². The number of benzene rings is 1. The topological polar surface area (TPSA) is 21.3 Å². The van der Waals surface area contributed by atoms with Crippen molar-refractivity contribution in [2.45, 2.75) is 64.0 Å². The third-order valence-electron chi connectivity index (χ3n) is 4.86. The first-order chi connectivity index (χ1) is 9.69. The van der Waals surface area contributed by atoms with E-state index in [0.29, 0.717) is 12.0 Å². The van der Waals surface area contributed by atoms with Gasteiger partial charge in [0.05, 0.1) is 5.60 Å². The first-order valence-electron chi connectivity index (χ1n) is 8.11. The van der Waals surface area contributed by atoms with Crippen LogP contribution in [0.3, 0.4) is 0 Å². The fraction of sp³-hybridized carbons (Fsp3) is 0.667. The largest absolute Gasteiger partial charge is 0.375 e. The first-order valence-corrected chi connectivity index (χ1v) is 8.11. The van der Waals surface area contributed by atoms with Crippen LogP contribution in [0.5, 0.6) is 0 Å². The Morgan fingerprint density at radius 2 is 1.95 bits per heavy atom. The molecule has 1 fully saturated rings. The highest BCUT2D eigenvalue weighted by Crippen LogP contribution is 2.31. The van der Waals surface area contributed by atoms with Crippen molar-refractivity contribution in [3.05, 3.63) is 35.9 Å². The summed E-state index contributed by atoms with van der Waals surface area (Å²) in [5.41, 5.74) is 1.54. The van der Waals surface area contributed by atoms with Gasteiger partial charge in [-0.15, -0.1) is 0 Å². The van der Waals surface area contributed by atoms with Gasteiger partial charge in [0.2, 0.25) is 0 Å². The molecule has 0 spiro atoms. The van der Waals surface area contributed by atoms with Crippen molar-refractivity contribution >= 4 is 0 Å². The Kier molecular flexibility index (Phi) is 5.62. The Bertz CT molecular complexity index is 386. The molecule has 1 saturated heterocycles. The maximum atomic E-state index is 6.05. The van der Waals surface area contributed by atoms with Crippen LogP contribution in [0.2, 0.25) is 0 Å². The molecule has 1 heterocycles. The van der Waals surface area contributed by atoms with Gasteiger partial charge in [0, 0.05) is 19.2 Å². The molecule has 0 amide bonds. The standard InChI is InChI=1S/C18H29NO/c1-4-18(5-2)13-17(11-12-20-18)19-14-15(3)16-9-7-6-8-10-16/h6-10,15,17,19H,4-5,11-14H2,1-3H3. The summed E-state index contributed by atoms with van der Waals surface area (Å²) in [5.74, 6) is 0.566. The van der Waals surface area contributed by atoms with Crippen molar-refractivity contribution < 1.29 is 4.74 Å². The van der Waals surface area contributed by atoms with E-state index in [1.807, 2.05) is 0 Å². The van der Waals surface area contributed by atoms with Crippen LogP contribution >= 0.6 is 0 Å². The van der Waals surface area contributed by atoms with Crippen molar-refractivity contribution in [3.63, 3.8) is 0 Å². The lowest BCUT2D eigenvalue weighted by Crippen LogP contribution is -2.47. The summed E-state index contributed by atoms with van der Waals surface area (Å²) in [6.07, 6.45) is 4.54. The minimum atomic E-state index is 0.117. The molecule has 1 N–H and O–H groups in total. The van der Waals surface area contributed by atoms with Crippen molar-refractivity contribution in [2.24, 2.45) is 0 Å². The molecule has 1 aliphatic heterocycles. The van der Waals surface area contributed by atoms with Gasteiger partial charge in [-0.1, -0.05) is 51.1 Å². The minimum Gasteiger partial charge on any atom is -0.375 e. The van der Waals surface area contributed by atoms with Crippen molar-refractivity contribution in [1.29, 1.82) is 0 Å². The second-order valence-electron chi connectivity index (χ2n) is 6.15. The molecule has 20 heavy (non-hydrogen) atoms. The summed E-state index contributed by atoms with van der Waals surface area (Å²) >= 11 is 0. The monoisotopic (exact) mass is 275 g/mol. The first kappa shape index (κ1) is 15.5. The highest BCUT2D eigenvalue weighted by Gasteiger charge is 2.34. The van der Waals surface area contributed by atoms with E-state index >= 15 is 0 Å². The Labute approximate surface area is 123 Å². The van der Waals surface area contributed by atoms with Crippen LogP contribution in [0.1, 0.15) is 57.9 Å². The summed E-state index contributed by atoms with van der Waals surface area (Å²) in [6, 6.07) is 11.4. The predicted octanol–water partition coefficient (Wildman–Crippen LogP) is 4.12. The van der Waals surface area contributed by atoms with E-state index in [-0.39, 0.29) is 5.60 Å². The number of ether oxygens (including phenoxy) is 1. The summed E-state index contributed by atoms with van der Waals surface area (Å²) in [6.45, 7) is 8.75. The zero-order valence-electron chi connectivity index (χ0n) is 13.2. The van der Waals surface area contributed by atoms with Gasteiger partial charge in [-0.2, -0.15) is 0 Å². The summed E-state index contributed by atoms with van der Waals surface area (Å²) in [5, 5.41) is 3.76. The van der Waals surface area contributed by atoms with Gasteiger partial charge >= 0.3 is 0 Å². The molecule has 2 nitrogen and oxygen atoms in total. The average molecular weight is 275 g/mol. The highest BCUT2D eigenvalue weighted by atomic mass is 16.5. The van der Waals surface area contributed by atoms with Crippen LogP contribution in [0.25, 0.3) is 0 Å². The normalized spacial score (nSPS) is 23.4. The maximum absolute atomic E-state index is 6.05. The molecule has 2 atom stereocenters. The molecule has 112 valence electrons. The number of hydrogen-bond acceptors (Lipinski definition) is 2. The Morgan fingerprint density at radius 1 is 1.25 bits per heavy atom. The smallest absolute Gasteiger partial charge is 0.0692 e. The van der Waals surface area contributed by atoms with Gasteiger partial charge in [0.25, 0.3) is 0 Å². The molecular weight excluding hydrogens is 246 g/mol. The molecule has 0 radical (unpaired) electrons. The average Bonchev–Trinajstić information content (AvgIpc) is 2.53. The second-order valence-corrected chi connectivity index (χ2v) is 6.15. The molecule has 2 heteroatoms. The fourth-order valence-electron chi connectivity index (χ4n) is 3.19. The van der Waals surface area contributed by atoms with E-state index < -0.39 is 0 Å². The van der Waals surface area contributed by atoms with Gasteiger partial charge in [0.1, 0.15) is 0 Å². The third-order valence-corrected chi connectivity index (χ3v) is 4.86. The molecule has 0 aromatic heterocycles. The van der Waals surface area contributed by atoms with Gasteiger partial charge in [-0.05, 0) is 37.2 Å². The maximum Gasteiger partial charge on any atom is 0.0692 e. The van der Waals surface area contributed by atoms with Crippen LogP contribution in [0, 0.1) is 0 Å². The number of nitrogens with one attached hydrogen (secondary N) is 1. The molecule has 2 rings (SSSR count). The van der Waals surface area contributed by atoms with Crippen molar-refractivity contribution in [3.8, 4) is 0 Å². The minimum absolute atomic E-state index is 0.117. The van der Waals surface area contributed by atoms with E-state index in [2.05, 4.69) is 56.4 Å². The van der Waals surface area contributed by atoms with Gasteiger partial charge in [0.15, 0.2) is 0 Å². The summed E-state index contributed by atoms with van der Waals surface area (Å²) in [7, 11) is 0. The Morgan fingerprint density at radius 3 is 2.60 bits per heavy atom. The summed E-state index contributed by atoms with van der Waals surface area (Å²) in [4.78, 5) is 0. The second kappa shape index (κ2) is 7.24. The lowest BCUT2D eigenvalue weighted by Gasteiger charge is -2.40. The molecule has 0 aliphatic carbocycles. The quantitative estimate of drug-likeness (QED) is 0.843. The lowest BCUT2D eigenvalue weighted by atomic mass is 9.85. The van der Waals surface area contributed by atoms with E-state index in [4.69, 9.17) is 4.74 Å². The van der Waals surface area contributed by atoms with Gasteiger partial charge in [-0.25, -0.2) is 0 Å². The summed E-state index contributed by atoms with van der Waals surface area (Å²) < 4.78 is 6.05. The van der Waals surface area contributed by atoms with Crippen LogP contribution in [0.15, 0.2) is 30.3 Å². The van der Waals surface area contributed by atoms with Crippen molar-refractivity contribution in [1.82, 2.24) is 5.32 Å². The van der Waals surface area contributed by atoms with E-state index in [0.717, 1.165) is 38.8 Å². The molecule has 0 saturated carbocycles. The van der Waals surface area contributed by atoms with E-state index in [1.165, 1.54) is 5.56 Å². The molecule has 1 aliphatic rings. The molecule has 1 aromatic rings. The van der Waals surface area contributed by atoms with Crippen LogP contribution in [-0.2, 0) is 4.74 Å². The van der Waals surface area contributed by atoms with Gasteiger partial charge < -0.3 is 10.1 Å². The Balaban J connectivity index is 1.85. The molecule has 2 unspecified atom stereocenters. The van der Waals surface area contributed by atoms with E-state index in [1.54, 1.807) is 0 Å². The zero-order valence-corrected chi connectivity index (χ0v) is 13.2.